The second kappa shape index (κ2) is 12.7. The molecule has 0 saturated carbocycles. The topological polar surface area (TPSA) is 46.5 Å². The molecular weight excluding hydrogens is 448 g/mol. The van der Waals surface area contributed by atoms with Gasteiger partial charge in [-0.2, -0.15) is 0 Å². The van der Waals surface area contributed by atoms with Crippen LogP contribution in [0.5, 0.6) is 5.75 Å². The van der Waals surface area contributed by atoms with Crippen molar-refractivity contribution in [2.24, 2.45) is 5.92 Å². The molecule has 0 radical (unpaired) electrons. The Kier molecular flexibility index (Phi) is 11.5. The summed E-state index contributed by atoms with van der Waals surface area (Å²) in [5, 5.41) is 9.14. The summed E-state index contributed by atoms with van der Waals surface area (Å²) < 4.78 is 5.92. The van der Waals surface area contributed by atoms with Gasteiger partial charge < -0.3 is 9.84 Å². The van der Waals surface area contributed by atoms with E-state index < -0.39 is 5.97 Å². The zero-order valence-electron chi connectivity index (χ0n) is 15.2. The van der Waals surface area contributed by atoms with Gasteiger partial charge in [0.05, 0.1) is 17.4 Å². The first kappa shape index (κ1) is 22.5. The molecule has 0 amide bonds. The number of hydrogen-bond donors (Lipinski definition) is 1. The van der Waals surface area contributed by atoms with E-state index in [-0.39, 0.29) is 10.7 Å². The fourth-order valence-corrected chi connectivity index (χ4v) is 4.01. The molecule has 25 heavy (non-hydrogen) atoms. The van der Waals surface area contributed by atoms with Crippen LogP contribution in [-0.4, -0.2) is 22.5 Å². The number of alkyl halides is 2. The maximum Gasteiger partial charge on any atom is 0.306 e. The van der Waals surface area contributed by atoms with Gasteiger partial charge in [0.2, 0.25) is 0 Å². The highest BCUT2D eigenvalue weighted by Gasteiger charge is 2.21. The molecule has 0 bridgehead atoms. The van der Waals surface area contributed by atoms with Crippen LogP contribution >= 0.6 is 31.9 Å². The van der Waals surface area contributed by atoms with Gasteiger partial charge in [-0.25, -0.2) is 0 Å². The molecular formula is C20H30Br2O3. The van der Waals surface area contributed by atoms with E-state index in [2.05, 4.69) is 44.8 Å². The maximum atomic E-state index is 11.1. The van der Waals surface area contributed by atoms with Crippen molar-refractivity contribution in [3.8, 4) is 5.75 Å². The monoisotopic (exact) mass is 476 g/mol. The number of benzene rings is 1. The fourth-order valence-electron chi connectivity index (χ4n) is 2.76. The minimum atomic E-state index is -0.745. The predicted molar refractivity (Wildman–Crippen MR) is 111 cm³/mol. The van der Waals surface area contributed by atoms with Crippen LogP contribution in [0.1, 0.15) is 69.2 Å². The van der Waals surface area contributed by atoms with E-state index in [1.807, 2.05) is 25.1 Å². The molecule has 3 atom stereocenters. The minimum Gasteiger partial charge on any atom is -0.493 e. The number of carboxylic acids is 1. The standard InChI is InChI=1S/C20H30Br2O3/c1-3-5-6-7-11-17(21)19(22)16-10-8-9-12-18(16)25-14-13-15(4-2)20(23)24/h8-10,12,15,17,19H,3-7,11,13-14H2,1-2H3,(H,23,24). The third-order valence-electron chi connectivity index (χ3n) is 4.43. The quantitative estimate of drug-likeness (QED) is 0.253. The zero-order valence-corrected chi connectivity index (χ0v) is 18.4. The average molecular weight is 478 g/mol. The number of halogens is 2. The van der Waals surface area contributed by atoms with Gasteiger partial charge in [-0.05, 0) is 25.3 Å². The molecule has 0 aliphatic carbocycles. The number of hydrogen-bond acceptors (Lipinski definition) is 2. The van der Waals surface area contributed by atoms with Crippen molar-refractivity contribution in [3.05, 3.63) is 29.8 Å². The Labute approximate surface area is 168 Å². The average Bonchev–Trinajstić information content (AvgIpc) is 2.61. The van der Waals surface area contributed by atoms with Crippen LogP contribution in [0.3, 0.4) is 0 Å². The van der Waals surface area contributed by atoms with E-state index in [0.29, 0.717) is 24.3 Å². The Balaban J connectivity index is 2.61. The lowest BCUT2D eigenvalue weighted by Crippen LogP contribution is -2.16. The summed E-state index contributed by atoms with van der Waals surface area (Å²) in [6.07, 6.45) is 7.28. The molecule has 5 heteroatoms. The first-order chi connectivity index (χ1) is 12.0. The first-order valence-corrected chi connectivity index (χ1v) is 11.1. The summed E-state index contributed by atoms with van der Waals surface area (Å²) in [6, 6.07) is 8.00. The van der Waals surface area contributed by atoms with Gasteiger partial charge in [-0.1, -0.05) is 89.6 Å². The second-order valence-electron chi connectivity index (χ2n) is 6.39. The van der Waals surface area contributed by atoms with Crippen LogP contribution in [0.2, 0.25) is 0 Å². The summed E-state index contributed by atoms with van der Waals surface area (Å²) in [7, 11) is 0. The molecule has 0 aliphatic heterocycles. The Morgan fingerprint density at radius 1 is 1.12 bits per heavy atom. The summed E-state index contributed by atoms with van der Waals surface area (Å²) in [4.78, 5) is 11.6. The number of aliphatic carboxylic acids is 1. The number of rotatable bonds is 13. The molecule has 1 N–H and O–H groups in total. The van der Waals surface area contributed by atoms with Gasteiger partial charge in [0, 0.05) is 10.4 Å². The van der Waals surface area contributed by atoms with Crippen LogP contribution in [-0.2, 0) is 4.79 Å². The van der Waals surface area contributed by atoms with Crippen molar-refractivity contribution < 1.29 is 14.6 Å². The van der Waals surface area contributed by atoms with Crippen LogP contribution in [0.15, 0.2) is 24.3 Å². The lowest BCUT2D eigenvalue weighted by atomic mass is 10.0. The second-order valence-corrected chi connectivity index (χ2v) is 8.55. The molecule has 0 aliphatic rings. The van der Waals surface area contributed by atoms with Gasteiger partial charge in [-0.3, -0.25) is 4.79 Å². The van der Waals surface area contributed by atoms with Crippen LogP contribution < -0.4 is 4.74 Å². The number of carboxylic acid groups (broad SMARTS) is 1. The van der Waals surface area contributed by atoms with E-state index in [9.17, 15) is 4.79 Å². The van der Waals surface area contributed by atoms with Crippen molar-refractivity contribution in [1.29, 1.82) is 0 Å². The SMILES string of the molecule is CCCCCCC(Br)C(Br)c1ccccc1OCCC(CC)C(=O)O. The third kappa shape index (κ3) is 8.12. The van der Waals surface area contributed by atoms with Crippen molar-refractivity contribution in [2.45, 2.75) is 68.4 Å². The Morgan fingerprint density at radius 3 is 2.48 bits per heavy atom. The summed E-state index contributed by atoms with van der Waals surface area (Å²) in [6.45, 7) is 4.54. The third-order valence-corrected chi connectivity index (χ3v) is 7.26. The van der Waals surface area contributed by atoms with Crippen molar-refractivity contribution in [2.75, 3.05) is 6.61 Å². The van der Waals surface area contributed by atoms with Crippen molar-refractivity contribution in [3.63, 3.8) is 0 Å². The van der Waals surface area contributed by atoms with Crippen LogP contribution in [0.25, 0.3) is 0 Å². The maximum absolute atomic E-state index is 11.1. The van der Waals surface area contributed by atoms with Gasteiger partial charge >= 0.3 is 5.97 Å². The fraction of sp³-hybridized carbons (Fsp3) is 0.650. The summed E-state index contributed by atoms with van der Waals surface area (Å²) in [5.74, 6) is -0.248. The number of ether oxygens (including phenoxy) is 1. The van der Waals surface area contributed by atoms with E-state index in [4.69, 9.17) is 9.84 Å². The van der Waals surface area contributed by atoms with Gasteiger partial charge in [-0.15, -0.1) is 0 Å². The zero-order chi connectivity index (χ0) is 18.7. The molecule has 0 heterocycles. The lowest BCUT2D eigenvalue weighted by Gasteiger charge is -2.21. The molecule has 0 aromatic heterocycles. The largest absolute Gasteiger partial charge is 0.493 e. The lowest BCUT2D eigenvalue weighted by molar-refractivity contribution is -0.142. The molecule has 3 unspecified atom stereocenters. The highest BCUT2D eigenvalue weighted by molar-refractivity contribution is 9.12. The summed E-state index contributed by atoms with van der Waals surface area (Å²) >= 11 is 7.62. The molecule has 0 saturated heterocycles. The Hall–Kier alpha value is -0.550. The number of carbonyl (C=O) groups is 1. The predicted octanol–water partition coefficient (Wildman–Crippen LogP) is 6.74. The molecule has 1 rings (SSSR count). The van der Waals surface area contributed by atoms with E-state index in [1.165, 1.54) is 25.7 Å². The molecule has 0 spiro atoms. The van der Waals surface area contributed by atoms with E-state index in [0.717, 1.165) is 17.7 Å². The highest BCUT2D eigenvalue weighted by Crippen LogP contribution is 2.39. The number of para-hydroxylation sites is 1. The van der Waals surface area contributed by atoms with Crippen LogP contribution in [0.4, 0.5) is 0 Å². The van der Waals surface area contributed by atoms with Crippen molar-refractivity contribution >= 4 is 37.8 Å². The molecule has 0 fully saturated rings. The van der Waals surface area contributed by atoms with Gasteiger partial charge in [0.1, 0.15) is 5.75 Å². The van der Waals surface area contributed by atoms with E-state index >= 15 is 0 Å². The molecule has 1 aromatic carbocycles. The highest BCUT2D eigenvalue weighted by atomic mass is 79.9. The van der Waals surface area contributed by atoms with Crippen LogP contribution in [0, 0.1) is 5.92 Å². The smallest absolute Gasteiger partial charge is 0.306 e. The molecule has 1 aromatic rings. The van der Waals surface area contributed by atoms with Gasteiger partial charge in [0.25, 0.3) is 0 Å². The van der Waals surface area contributed by atoms with E-state index in [1.54, 1.807) is 0 Å². The van der Waals surface area contributed by atoms with Gasteiger partial charge in [0.15, 0.2) is 0 Å². The summed E-state index contributed by atoms with van der Waals surface area (Å²) in [5.41, 5.74) is 1.11. The normalized spacial score (nSPS) is 14.7. The molecule has 3 nitrogen and oxygen atoms in total. The Bertz CT molecular complexity index is 507. The minimum absolute atomic E-state index is 0.173. The molecule has 142 valence electrons. The van der Waals surface area contributed by atoms with Crippen molar-refractivity contribution in [1.82, 2.24) is 0 Å². The Morgan fingerprint density at radius 2 is 1.84 bits per heavy atom. The first-order valence-electron chi connectivity index (χ1n) is 9.23. The number of unbranched alkanes of at least 4 members (excludes halogenated alkanes) is 3.